The molecule has 24 heavy (non-hydrogen) atoms. The Kier molecular flexibility index (Phi) is 4.53. The Morgan fingerprint density at radius 1 is 1.17 bits per heavy atom. The summed E-state index contributed by atoms with van der Waals surface area (Å²) in [4.78, 5) is 12.1. The summed E-state index contributed by atoms with van der Waals surface area (Å²) in [6, 6.07) is 11.6. The molecule has 3 rings (SSSR count). The molecule has 2 aromatic carbocycles. The lowest BCUT2D eigenvalue weighted by atomic mass is 10.1. The standard InChI is InChI=1S/C17H17BrN4O2/c1-11-7-8-16(12(2)9-11)24-10-13-14(18)5-4-6-15(13)22-17(23)21(3)19-20-22/h4-9H,10H2,1-3H3. The third kappa shape index (κ3) is 3.12. The van der Waals surface area contributed by atoms with Gasteiger partial charge in [0.05, 0.1) is 5.69 Å². The molecule has 0 aliphatic carbocycles. The average Bonchev–Trinajstić information content (AvgIpc) is 2.87. The molecule has 0 saturated heterocycles. The van der Waals surface area contributed by atoms with Gasteiger partial charge in [-0.2, -0.15) is 9.36 Å². The molecule has 0 unspecified atom stereocenters. The van der Waals surface area contributed by atoms with Crippen LogP contribution in [0.15, 0.2) is 45.7 Å². The molecule has 0 N–H and O–H groups in total. The normalized spacial score (nSPS) is 10.8. The molecule has 6 nitrogen and oxygen atoms in total. The molecular formula is C17H17BrN4O2. The molecule has 3 aromatic rings. The summed E-state index contributed by atoms with van der Waals surface area (Å²) in [5.74, 6) is 0.814. The van der Waals surface area contributed by atoms with Crippen molar-refractivity contribution in [1.82, 2.24) is 19.8 Å². The average molecular weight is 389 g/mol. The molecule has 1 heterocycles. The van der Waals surface area contributed by atoms with E-state index in [-0.39, 0.29) is 5.69 Å². The highest BCUT2D eigenvalue weighted by Gasteiger charge is 2.14. The number of hydrogen-bond acceptors (Lipinski definition) is 4. The van der Waals surface area contributed by atoms with Crippen molar-refractivity contribution in [2.24, 2.45) is 7.05 Å². The maximum Gasteiger partial charge on any atom is 0.368 e. The van der Waals surface area contributed by atoms with E-state index in [1.807, 2.05) is 44.2 Å². The quantitative estimate of drug-likeness (QED) is 0.689. The number of tetrazole rings is 1. The first-order valence-corrected chi connectivity index (χ1v) is 8.23. The lowest BCUT2D eigenvalue weighted by Gasteiger charge is -2.13. The first-order chi connectivity index (χ1) is 11.5. The predicted molar refractivity (Wildman–Crippen MR) is 94.5 cm³/mol. The lowest BCUT2D eigenvalue weighted by molar-refractivity contribution is 0.302. The van der Waals surface area contributed by atoms with Gasteiger partial charge < -0.3 is 4.74 Å². The van der Waals surface area contributed by atoms with E-state index in [2.05, 4.69) is 32.4 Å². The first kappa shape index (κ1) is 16.4. The molecule has 1 aromatic heterocycles. The first-order valence-electron chi connectivity index (χ1n) is 7.44. The molecule has 0 spiro atoms. The van der Waals surface area contributed by atoms with Gasteiger partial charge in [-0.1, -0.05) is 39.7 Å². The van der Waals surface area contributed by atoms with Gasteiger partial charge in [0.25, 0.3) is 0 Å². The molecule has 0 radical (unpaired) electrons. The van der Waals surface area contributed by atoms with Gasteiger partial charge >= 0.3 is 5.69 Å². The molecule has 0 bridgehead atoms. The van der Waals surface area contributed by atoms with E-state index in [4.69, 9.17) is 4.74 Å². The number of aryl methyl sites for hydroxylation is 3. The van der Waals surface area contributed by atoms with E-state index in [1.165, 1.54) is 14.9 Å². The van der Waals surface area contributed by atoms with Gasteiger partial charge in [-0.15, -0.1) is 0 Å². The van der Waals surface area contributed by atoms with Crippen LogP contribution in [0, 0.1) is 13.8 Å². The Morgan fingerprint density at radius 3 is 2.62 bits per heavy atom. The highest BCUT2D eigenvalue weighted by Crippen LogP contribution is 2.26. The third-order valence-electron chi connectivity index (χ3n) is 3.75. The second-order valence-electron chi connectivity index (χ2n) is 5.59. The van der Waals surface area contributed by atoms with E-state index in [0.717, 1.165) is 21.3 Å². The summed E-state index contributed by atoms with van der Waals surface area (Å²) in [5, 5.41) is 7.68. The smallest absolute Gasteiger partial charge is 0.368 e. The van der Waals surface area contributed by atoms with Crippen LogP contribution >= 0.6 is 15.9 Å². The Balaban J connectivity index is 1.96. The zero-order valence-corrected chi connectivity index (χ0v) is 15.2. The molecule has 0 atom stereocenters. The van der Waals surface area contributed by atoms with Crippen molar-refractivity contribution in [3.05, 3.63) is 68.0 Å². The molecule has 0 aliphatic heterocycles. The van der Waals surface area contributed by atoms with Gasteiger partial charge in [0.15, 0.2) is 0 Å². The van der Waals surface area contributed by atoms with E-state index in [0.29, 0.717) is 12.3 Å². The van der Waals surface area contributed by atoms with Gasteiger partial charge in [-0.3, -0.25) is 0 Å². The summed E-state index contributed by atoms with van der Waals surface area (Å²) >= 11 is 3.53. The number of rotatable bonds is 4. The minimum absolute atomic E-state index is 0.305. The van der Waals surface area contributed by atoms with Gasteiger partial charge in [-0.05, 0) is 48.0 Å². The summed E-state index contributed by atoms with van der Waals surface area (Å²) in [7, 11) is 1.57. The fourth-order valence-corrected chi connectivity index (χ4v) is 2.93. The van der Waals surface area contributed by atoms with Crippen molar-refractivity contribution in [2.45, 2.75) is 20.5 Å². The van der Waals surface area contributed by atoms with Crippen LogP contribution in [0.2, 0.25) is 0 Å². The summed E-state index contributed by atoms with van der Waals surface area (Å²) in [6.45, 7) is 4.36. The fourth-order valence-electron chi connectivity index (χ4n) is 2.46. The van der Waals surface area contributed by atoms with Gasteiger partial charge in [0.2, 0.25) is 0 Å². The molecule has 0 aliphatic rings. The van der Waals surface area contributed by atoms with Crippen LogP contribution in [0.3, 0.4) is 0 Å². The van der Waals surface area contributed by atoms with Gasteiger partial charge in [-0.25, -0.2) is 4.79 Å². The molecule has 7 heteroatoms. The van der Waals surface area contributed by atoms with Gasteiger partial charge in [0.1, 0.15) is 12.4 Å². The summed E-state index contributed by atoms with van der Waals surface area (Å²) in [5.41, 5.74) is 3.43. The number of hydrogen-bond donors (Lipinski definition) is 0. The van der Waals surface area contributed by atoms with Crippen LogP contribution in [0.5, 0.6) is 5.75 Å². The minimum atomic E-state index is -0.305. The molecule has 124 valence electrons. The number of benzene rings is 2. The Bertz CT molecular complexity index is 946. The topological polar surface area (TPSA) is 61.9 Å². The highest BCUT2D eigenvalue weighted by molar-refractivity contribution is 9.10. The van der Waals surface area contributed by atoms with Gasteiger partial charge in [0, 0.05) is 17.1 Å². The van der Waals surface area contributed by atoms with E-state index >= 15 is 0 Å². The zero-order chi connectivity index (χ0) is 17.3. The van der Waals surface area contributed by atoms with Crippen LogP contribution in [0.1, 0.15) is 16.7 Å². The van der Waals surface area contributed by atoms with Crippen molar-refractivity contribution in [3.8, 4) is 11.4 Å². The summed E-state index contributed by atoms with van der Waals surface area (Å²) < 4.78 is 9.28. The van der Waals surface area contributed by atoms with E-state index in [9.17, 15) is 4.79 Å². The van der Waals surface area contributed by atoms with E-state index in [1.54, 1.807) is 7.05 Å². The van der Waals surface area contributed by atoms with Crippen LogP contribution in [0.25, 0.3) is 5.69 Å². The number of aromatic nitrogens is 4. The molecule has 0 saturated carbocycles. The van der Waals surface area contributed by atoms with Crippen molar-refractivity contribution < 1.29 is 4.74 Å². The van der Waals surface area contributed by atoms with Crippen molar-refractivity contribution in [3.63, 3.8) is 0 Å². The maximum absolute atomic E-state index is 12.1. The Morgan fingerprint density at radius 2 is 1.96 bits per heavy atom. The van der Waals surface area contributed by atoms with Crippen LogP contribution in [-0.4, -0.2) is 19.8 Å². The predicted octanol–water partition coefficient (Wildman–Crippen LogP) is 2.92. The minimum Gasteiger partial charge on any atom is -0.489 e. The van der Waals surface area contributed by atoms with Crippen LogP contribution in [0.4, 0.5) is 0 Å². The second kappa shape index (κ2) is 6.60. The second-order valence-corrected chi connectivity index (χ2v) is 6.45. The fraction of sp³-hybridized carbons (Fsp3) is 0.235. The Hall–Kier alpha value is -2.41. The highest BCUT2D eigenvalue weighted by atomic mass is 79.9. The van der Waals surface area contributed by atoms with Crippen molar-refractivity contribution in [2.75, 3.05) is 0 Å². The maximum atomic E-state index is 12.1. The largest absolute Gasteiger partial charge is 0.489 e. The zero-order valence-electron chi connectivity index (χ0n) is 13.7. The van der Waals surface area contributed by atoms with Crippen molar-refractivity contribution >= 4 is 15.9 Å². The van der Waals surface area contributed by atoms with Crippen molar-refractivity contribution in [1.29, 1.82) is 0 Å². The molecular weight excluding hydrogens is 372 g/mol. The molecule has 0 fully saturated rings. The molecule has 0 amide bonds. The third-order valence-corrected chi connectivity index (χ3v) is 4.49. The Labute approximate surface area is 147 Å². The number of halogens is 1. The summed E-state index contributed by atoms with van der Waals surface area (Å²) in [6.07, 6.45) is 0. The van der Waals surface area contributed by atoms with Crippen LogP contribution < -0.4 is 10.4 Å². The number of ether oxygens (including phenoxy) is 1. The SMILES string of the molecule is Cc1ccc(OCc2c(Br)cccc2-n2nnn(C)c2=O)c(C)c1. The van der Waals surface area contributed by atoms with E-state index < -0.39 is 0 Å². The van der Waals surface area contributed by atoms with Crippen LogP contribution in [-0.2, 0) is 13.7 Å². The number of nitrogens with zero attached hydrogens (tertiary/aromatic N) is 4. The lowest BCUT2D eigenvalue weighted by Crippen LogP contribution is -2.23. The monoisotopic (exact) mass is 388 g/mol.